The molecule has 1 atom stereocenters. The summed E-state index contributed by atoms with van der Waals surface area (Å²) in [5.41, 5.74) is -0.116. The molecule has 1 fully saturated rings. The van der Waals surface area contributed by atoms with E-state index in [0.29, 0.717) is 13.1 Å². The number of benzene rings is 1. The Morgan fingerprint density at radius 2 is 2.05 bits per heavy atom. The molecule has 0 saturated carbocycles. The Morgan fingerprint density at radius 3 is 2.52 bits per heavy atom. The molecule has 1 saturated heterocycles. The van der Waals surface area contributed by atoms with Crippen LogP contribution in [0.15, 0.2) is 29.2 Å². The molecule has 8 heteroatoms. The van der Waals surface area contributed by atoms with Crippen LogP contribution in [0.1, 0.15) is 19.8 Å². The van der Waals surface area contributed by atoms with E-state index < -0.39 is 14.9 Å². The third-order valence-electron chi connectivity index (χ3n) is 3.62. The number of nitrogens with one attached hydrogen (secondary N) is 1. The molecule has 2 rings (SSSR count). The van der Waals surface area contributed by atoms with Gasteiger partial charge in [-0.25, -0.2) is 8.42 Å². The number of likely N-dealkylation sites (N-methyl/N-ethyl adjacent to an activating group) is 1. The van der Waals surface area contributed by atoms with Crippen LogP contribution in [0, 0.1) is 10.1 Å². The molecule has 1 unspecified atom stereocenters. The van der Waals surface area contributed by atoms with Crippen LogP contribution in [-0.4, -0.2) is 43.3 Å². The second kappa shape index (κ2) is 6.50. The first kappa shape index (κ1) is 15.9. The van der Waals surface area contributed by atoms with Crippen molar-refractivity contribution in [3.8, 4) is 0 Å². The van der Waals surface area contributed by atoms with Crippen LogP contribution in [0.4, 0.5) is 5.69 Å². The summed E-state index contributed by atoms with van der Waals surface area (Å²) in [5.74, 6) is 0. The van der Waals surface area contributed by atoms with E-state index in [4.69, 9.17) is 0 Å². The molecule has 0 spiro atoms. The fourth-order valence-corrected chi connectivity index (χ4v) is 3.94. The molecule has 1 aromatic rings. The molecule has 1 N–H and O–H groups in total. The molecule has 0 radical (unpaired) electrons. The smallest absolute Gasteiger partial charge is 0.269 e. The molecular formula is C13H19N3O4S. The Balaban J connectivity index is 2.19. The molecule has 0 aliphatic carbocycles. The summed E-state index contributed by atoms with van der Waals surface area (Å²) in [5, 5.41) is 13.9. The Kier molecular flexibility index (Phi) is 4.92. The second-order valence-electron chi connectivity index (χ2n) is 5.00. The van der Waals surface area contributed by atoms with Crippen molar-refractivity contribution in [3.63, 3.8) is 0 Å². The van der Waals surface area contributed by atoms with E-state index in [1.165, 1.54) is 28.6 Å². The van der Waals surface area contributed by atoms with Crippen molar-refractivity contribution in [2.75, 3.05) is 19.6 Å². The minimum absolute atomic E-state index is 0.0907. The molecule has 1 heterocycles. The zero-order valence-corrected chi connectivity index (χ0v) is 12.7. The maximum Gasteiger partial charge on any atom is 0.269 e. The van der Waals surface area contributed by atoms with Gasteiger partial charge in [0.1, 0.15) is 0 Å². The number of nitrogens with zero attached hydrogens (tertiary/aromatic N) is 2. The van der Waals surface area contributed by atoms with Crippen molar-refractivity contribution in [1.82, 2.24) is 9.62 Å². The van der Waals surface area contributed by atoms with E-state index in [1.54, 1.807) is 6.92 Å². The van der Waals surface area contributed by atoms with Crippen LogP contribution in [0.25, 0.3) is 0 Å². The molecule has 0 amide bonds. The zero-order valence-electron chi connectivity index (χ0n) is 11.9. The first-order valence-electron chi connectivity index (χ1n) is 6.93. The Hall–Kier alpha value is -1.51. The molecule has 1 aliphatic heterocycles. The van der Waals surface area contributed by atoms with E-state index in [0.717, 1.165) is 19.4 Å². The van der Waals surface area contributed by atoms with E-state index >= 15 is 0 Å². The lowest BCUT2D eigenvalue weighted by atomic mass is 10.2. The molecule has 0 aromatic heterocycles. The topological polar surface area (TPSA) is 92.6 Å². The standard InChI is InChI=1S/C13H19N3O4S/c1-2-15(10-11-4-3-9-14-11)21(19,20)13-7-5-12(6-8-13)16(17)18/h5-8,11,14H,2-4,9-10H2,1H3. The second-order valence-corrected chi connectivity index (χ2v) is 6.94. The van der Waals surface area contributed by atoms with Crippen LogP contribution in [-0.2, 0) is 10.0 Å². The molecule has 21 heavy (non-hydrogen) atoms. The molecule has 1 aromatic carbocycles. The van der Waals surface area contributed by atoms with E-state index in [2.05, 4.69) is 5.32 Å². The van der Waals surface area contributed by atoms with Gasteiger partial charge in [-0.3, -0.25) is 10.1 Å². The van der Waals surface area contributed by atoms with Gasteiger partial charge in [-0.1, -0.05) is 6.92 Å². The van der Waals surface area contributed by atoms with Crippen molar-refractivity contribution in [1.29, 1.82) is 0 Å². The minimum Gasteiger partial charge on any atom is -0.313 e. The van der Waals surface area contributed by atoms with Crippen molar-refractivity contribution in [3.05, 3.63) is 34.4 Å². The van der Waals surface area contributed by atoms with Gasteiger partial charge in [0.2, 0.25) is 10.0 Å². The molecule has 7 nitrogen and oxygen atoms in total. The SMILES string of the molecule is CCN(CC1CCCN1)S(=O)(=O)c1ccc([N+](=O)[O-])cc1. The van der Waals surface area contributed by atoms with Crippen molar-refractivity contribution < 1.29 is 13.3 Å². The number of hydrogen-bond donors (Lipinski definition) is 1. The highest BCUT2D eigenvalue weighted by atomic mass is 32.2. The van der Waals surface area contributed by atoms with E-state index in [-0.39, 0.29) is 16.6 Å². The van der Waals surface area contributed by atoms with Gasteiger partial charge in [0, 0.05) is 31.3 Å². The third kappa shape index (κ3) is 3.58. The van der Waals surface area contributed by atoms with Crippen molar-refractivity contribution in [2.24, 2.45) is 0 Å². The Morgan fingerprint density at radius 1 is 1.38 bits per heavy atom. The maximum absolute atomic E-state index is 12.6. The predicted molar refractivity (Wildman–Crippen MR) is 78.6 cm³/mol. The van der Waals surface area contributed by atoms with Crippen molar-refractivity contribution >= 4 is 15.7 Å². The van der Waals surface area contributed by atoms with Crippen LogP contribution < -0.4 is 5.32 Å². The fraction of sp³-hybridized carbons (Fsp3) is 0.538. The molecular weight excluding hydrogens is 294 g/mol. The largest absolute Gasteiger partial charge is 0.313 e. The lowest BCUT2D eigenvalue weighted by molar-refractivity contribution is -0.384. The predicted octanol–water partition coefficient (Wildman–Crippen LogP) is 1.36. The lowest BCUT2D eigenvalue weighted by Gasteiger charge is -2.23. The number of nitro benzene ring substituents is 1. The zero-order chi connectivity index (χ0) is 15.5. The number of non-ortho nitro benzene ring substituents is 1. The van der Waals surface area contributed by atoms with E-state index in [1.807, 2.05) is 0 Å². The first-order chi connectivity index (χ1) is 9.95. The van der Waals surface area contributed by atoms with Gasteiger partial charge in [0.25, 0.3) is 5.69 Å². The van der Waals surface area contributed by atoms with Crippen LogP contribution >= 0.6 is 0 Å². The Labute approximate surface area is 124 Å². The number of rotatable bonds is 6. The summed E-state index contributed by atoms with van der Waals surface area (Å²) >= 11 is 0. The van der Waals surface area contributed by atoms with Crippen molar-refractivity contribution in [2.45, 2.75) is 30.7 Å². The highest BCUT2D eigenvalue weighted by Crippen LogP contribution is 2.20. The van der Waals surface area contributed by atoms with Gasteiger partial charge in [0.15, 0.2) is 0 Å². The van der Waals surface area contributed by atoms with Gasteiger partial charge < -0.3 is 5.32 Å². The quantitative estimate of drug-likeness (QED) is 0.632. The van der Waals surface area contributed by atoms with Gasteiger partial charge in [0.05, 0.1) is 9.82 Å². The van der Waals surface area contributed by atoms with E-state index in [9.17, 15) is 18.5 Å². The summed E-state index contributed by atoms with van der Waals surface area (Å²) in [6, 6.07) is 5.19. The summed E-state index contributed by atoms with van der Waals surface area (Å²) in [6.45, 7) is 3.50. The molecule has 116 valence electrons. The highest BCUT2D eigenvalue weighted by Gasteiger charge is 2.27. The summed E-state index contributed by atoms with van der Waals surface area (Å²) in [4.78, 5) is 10.2. The normalized spacial score (nSPS) is 19.0. The minimum atomic E-state index is -3.61. The van der Waals surface area contributed by atoms with Gasteiger partial charge >= 0.3 is 0 Å². The lowest BCUT2D eigenvalue weighted by Crippen LogP contribution is -2.40. The Bertz CT molecular complexity index is 594. The molecule has 0 bridgehead atoms. The molecule has 1 aliphatic rings. The van der Waals surface area contributed by atoms with Crippen LogP contribution in [0.3, 0.4) is 0 Å². The van der Waals surface area contributed by atoms with Gasteiger partial charge in [-0.2, -0.15) is 4.31 Å². The third-order valence-corrected chi connectivity index (χ3v) is 5.58. The monoisotopic (exact) mass is 313 g/mol. The number of nitro groups is 1. The summed E-state index contributed by atoms with van der Waals surface area (Å²) < 4.78 is 26.5. The van der Waals surface area contributed by atoms with Crippen LogP contribution in [0.2, 0.25) is 0 Å². The average Bonchev–Trinajstić information content (AvgIpc) is 2.97. The number of hydrogen-bond acceptors (Lipinski definition) is 5. The highest BCUT2D eigenvalue weighted by molar-refractivity contribution is 7.89. The first-order valence-corrected chi connectivity index (χ1v) is 8.37. The van der Waals surface area contributed by atoms with Crippen LogP contribution in [0.5, 0.6) is 0 Å². The summed E-state index contributed by atoms with van der Waals surface area (Å²) in [6.07, 6.45) is 2.02. The summed E-state index contributed by atoms with van der Waals surface area (Å²) in [7, 11) is -3.61. The van der Waals surface area contributed by atoms with Gasteiger partial charge in [-0.15, -0.1) is 0 Å². The number of sulfonamides is 1. The van der Waals surface area contributed by atoms with Gasteiger partial charge in [-0.05, 0) is 31.5 Å². The average molecular weight is 313 g/mol. The maximum atomic E-state index is 12.6. The fourth-order valence-electron chi connectivity index (χ4n) is 2.44.